The molecule has 0 bridgehead atoms. The summed E-state index contributed by atoms with van der Waals surface area (Å²) in [4.78, 5) is 23.4. The summed E-state index contributed by atoms with van der Waals surface area (Å²) >= 11 is 0. The van der Waals surface area contributed by atoms with Crippen molar-refractivity contribution >= 4 is 11.9 Å². The van der Waals surface area contributed by atoms with Gasteiger partial charge in [0.05, 0.1) is 12.5 Å². The number of benzene rings is 1. The standard InChI is InChI=1S/C15H18O6/c1-3-20-12(17)7-5-10-8(2)9-4-6-11(16)13(18)14(9)21-15(10)19/h4,6,8,10,16,18H,3,5,7H2,1-2H3. The van der Waals surface area contributed by atoms with E-state index in [1.165, 1.54) is 6.07 Å². The molecule has 21 heavy (non-hydrogen) atoms. The van der Waals surface area contributed by atoms with Crippen LogP contribution in [0.5, 0.6) is 17.2 Å². The zero-order valence-corrected chi connectivity index (χ0v) is 12.0. The number of rotatable bonds is 4. The minimum atomic E-state index is -0.514. The summed E-state index contributed by atoms with van der Waals surface area (Å²) in [6.07, 6.45) is 0.456. The van der Waals surface area contributed by atoms with E-state index in [1.807, 2.05) is 6.92 Å². The van der Waals surface area contributed by atoms with Gasteiger partial charge in [-0.05, 0) is 25.3 Å². The smallest absolute Gasteiger partial charge is 0.315 e. The van der Waals surface area contributed by atoms with Crippen LogP contribution in [-0.4, -0.2) is 28.8 Å². The fourth-order valence-corrected chi connectivity index (χ4v) is 2.51. The van der Waals surface area contributed by atoms with Gasteiger partial charge in [-0.1, -0.05) is 13.0 Å². The molecule has 2 atom stereocenters. The second kappa shape index (κ2) is 6.03. The van der Waals surface area contributed by atoms with E-state index >= 15 is 0 Å². The van der Waals surface area contributed by atoms with Gasteiger partial charge >= 0.3 is 11.9 Å². The fraction of sp³-hybridized carbons (Fsp3) is 0.467. The number of carbonyl (C=O) groups excluding carboxylic acids is 2. The molecule has 1 aromatic carbocycles. The van der Waals surface area contributed by atoms with E-state index in [1.54, 1.807) is 13.0 Å². The first-order valence-electron chi connectivity index (χ1n) is 6.87. The van der Waals surface area contributed by atoms with Crippen LogP contribution in [-0.2, 0) is 14.3 Å². The Balaban J connectivity index is 2.18. The molecule has 0 spiro atoms. The minimum Gasteiger partial charge on any atom is -0.504 e. The van der Waals surface area contributed by atoms with Gasteiger partial charge in [-0.25, -0.2) is 0 Å². The second-order valence-electron chi connectivity index (χ2n) is 5.01. The highest BCUT2D eigenvalue weighted by molar-refractivity contribution is 5.81. The molecule has 1 aliphatic rings. The summed E-state index contributed by atoms with van der Waals surface area (Å²) in [7, 11) is 0. The molecule has 6 nitrogen and oxygen atoms in total. The number of phenols is 2. The van der Waals surface area contributed by atoms with Crippen LogP contribution in [0.3, 0.4) is 0 Å². The van der Waals surface area contributed by atoms with Gasteiger partial charge in [0.2, 0.25) is 5.75 Å². The Kier molecular flexibility index (Phi) is 4.35. The van der Waals surface area contributed by atoms with Crippen LogP contribution in [0.2, 0.25) is 0 Å². The molecule has 114 valence electrons. The molecule has 0 aliphatic carbocycles. The lowest BCUT2D eigenvalue weighted by Crippen LogP contribution is -2.31. The van der Waals surface area contributed by atoms with Gasteiger partial charge in [-0.2, -0.15) is 0 Å². The Hall–Kier alpha value is -2.24. The number of carbonyl (C=O) groups is 2. The average Bonchev–Trinajstić information content (AvgIpc) is 2.43. The van der Waals surface area contributed by atoms with E-state index in [0.717, 1.165) is 0 Å². The largest absolute Gasteiger partial charge is 0.504 e. The molecule has 1 aliphatic heterocycles. The lowest BCUT2D eigenvalue weighted by Gasteiger charge is -2.29. The van der Waals surface area contributed by atoms with E-state index in [9.17, 15) is 19.8 Å². The minimum absolute atomic E-state index is 0.000107. The highest BCUT2D eigenvalue weighted by Gasteiger charge is 2.37. The van der Waals surface area contributed by atoms with Gasteiger partial charge in [-0.3, -0.25) is 9.59 Å². The van der Waals surface area contributed by atoms with Crippen molar-refractivity contribution < 1.29 is 29.3 Å². The number of aromatic hydroxyl groups is 2. The van der Waals surface area contributed by atoms with Crippen molar-refractivity contribution in [2.24, 2.45) is 5.92 Å². The van der Waals surface area contributed by atoms with E-state index in [-0.39, 0.29) is 29.8 Å². The van der Waals surface area contributed by atoms with Gasteiger partial charge in [0.1, 0.15) is 0 Å². The molecule has 0 radical (unpaired) electrons. The molecule has 2 rings (SSSR count). The summed E-state index contributed by atoms with van der Waals surface area (Å²) in [5, 5.41) is 19.2. The first-order valence-corrected chi connectivity index (χ1v) is 6.87. The third-order valence-corrected chi connectivity index (χ3v) is 3.70. The highest BCUT2D eigenvalue weighted by Crippen LogP contribution is 2.47. The third kappa shape index (κ3) is 2.94. The predicted molar refractivity (Wildman–Crippen MR) is 73.2 cm³/mol. The molecule has 2 N–H and O–H groups in total. The first-order chi connectivity index (χ1) is 9.95. The molecule has 0 aromatic heterocycles. The van der Waals surface area contributed by atoms with E-state index in [2.05, 4.69) is 0 Å². The Morgan fingerprint density at radius 2 is 2.10 bits per heavy atom. The molecule has 2 unspecified atom stereocenters. The zero-order valence-electron chi connectivity index (χ0n) is 12.0. The van der Waals surface area contributed by atoms with Crippen LogP contribution in [0.25, 0.3) is 0 Å². The number of fused-ring (bicyclic) bond motifs is 1. The fourth-order valence-electron chi connectivity index (χ4n) is 2.51. The lowest BCUT2D eigenvalue weighted by molar-refractivity contribution is -0.145. The van der Waals surface area contributed by atoms with Crippen LogP contribution in [0.4, 0.5) is 0 Å². The number of hydrogen-bond acceptors (Lipinski definition) is 6. The SMILES string of the molecule is CCOC(=O)CCC1C(=O)Oc2c(ccc(O)c2O)C1C. The van der Waals surface area contributed by atoms with Crippen molar-refractivity contribution in [1.82, 2.24) is 0 Å². The molecule has 0 saturated heterocycles. The maximum Gasteiger partial charge on any atom is 0.315 e. The molecule has 0 saturated carbocycles. The van der Waals surface area contributed by atoms with Gasteiger partial charge in [0.25, 0.3) is 0 Å². The summed E-state index contributed by atoms with van der Waals surface area (Å²) in [6, 6.07) is 2.96. The molecular formula is C15H18O6. The Morgan fingerprint density at radius 1 is 1.38 bits per heavy atom. The topological polar surface area (TPSA) is 93.1 Å². The van der Waals surface area contributed by atoms with Crippen molar-refractivity contribution in [3.8, 4) is 17.2 Å². The van der Waals surface area contributed by atoms with Crippen LogP contribution in [0.15, 0.2) is 12.1 Å². The number of phenolic OH excluding ortho intramolecular Hbond substituents is 2. The zero-order chi connectivity index (χ0) is 15.6. The van der Waals surface area contributed by atoms with Crippen LogP contribution < -0.4 is 4.74 Å². The summed E-state index contributed by atoms with van der Waals surface area (Å²) in [5.41, 5.74) is 0.638. The quantitative estimate of drug-likeness (QED) is 0.501. The van der Waals surface area contributed by atoms with Crippen LogP contribution in [0.1, 0.15) is 38.2 Å². The number of ether oxygens (including phenoxy) is 2. The van der Waals surface area contributed by atoms with Crippen molar-refractivity contribution in [1.29, 1.82) is 0 Å². The van der Waals surface area contributed by atoms with Crippen LogP contribution in [0, 0.1) is 5.92 Å². The Morgan fingerprint density at radius 3 is 2.76 bits per heavy atom. The van der Waals surface area contributed by atoms with E-state index in [4.69, 9.17) is 9.47 Å². The third-order valence-electron chi connectivity index (χ3n) is 3.70. The summed E-state index contributed by atoms with van der Waals surface area (Å²) in [5.74, 6) is -2.33. The Labute approximate surface area is 122 Å². The van der Waals surface area contributed by atoms with Gasteiger partial charge < -0.3 is 19.7 Å². The highest BCUT2D eigenvalue weighted by atomic mass is 16.5. The van der Waals surface area contributed by atoms with E-state index in [0.29, 0.717) is 18.6 Å². The second-order valence-corrected chi connectivity index (χ2v) is 5.01. The van der Waals surface area contributed by atoms with Crippen molar-refractivity contribution in [2.75, 3.05) is 6.61 Å². The van der Waals surface area contributed by atoms with E-state index < -0.39 is 17.6 Å². The van der Waals surface area contributed by atoms with Gasteiger partial charge in [-0.15, -0.1) is 0 Å². The molecule has 0 amide bonds. The number of esters is 2. The first kappa shape index (κ1) is 15.2. The van der Waals surface area contributed by atoms with Crippen LogP contribution >= 0.6 is 0 Å². The van der Waals surface area contributed by atoms with Gasteiger partial charge in [0.15, 0.2) is 11.5 Å². The van der Waals surface area contributed by atoms with Gasteiger partial charge in [0, 0.05) is 12.0 Å². The molecular weight excluding hydrogens is 276 g/mol. The molecule has 1 heterocycles. The summed E-state index contributed by atoms with van der Waals surface area (Å²) in [6.45, 7) is 3.85. The maximum absolute atomic E-state index is 12.0. The van der Waals surface area contributed by atoms with Crippen molar-refractivity contribution in [3.63, 3.8) is 0 Å². The molecule has 0 fully saturated rings. The molecule has 1 aromatic rings. The predicted octanol–water partition coefficient (Wildman–Crippen LogP) is 2.08. The van der Waals surface area contributed by atoms with Crippen molar-refractivity contribution in [3.05, 3.63) is 17.7 Å². The molecule has 6 heteroatoms. The monoisotopic (exact) mass is 294 g/mol. The summed E-state index contributed by atoms with van der Waals surface area (Å²) < 4.78 is 9.96. The lowest BCUT2D eigenvalue weighted by atomic mass is 9.82. The van der Waals surface area contributed by atoms with Crippen molar-refractivity contribution in [2.45, 2.75) is 32.6 Å². The normalized spacial score (nSPS) is 20.6. The average molecular weight is 294 g/mol. The Bertz CT molecular complexity index is 566. The maximum atomic E-state index is 12.0. The number of hydrogen-bond donors (Lipinski definition) is 2.